The second-order valence-corrected chi connectivity index (χ2v) is 3.39. The molecule has 0 aromatic carbocycles. The molecule has 2 rings (SSSR count). The number of hydrogen-bond acceptors (Lipinski definition) is 2. The summed E-state index contributed by atoms with van der Waals surface area (Å²) in [6.45, 7) is 0.652. The van der Waals surface area contributed by atoms with Crippen molar-refractivity contribution in [2.75, 3.05) is 13.6 Å². The summed E-state index contributed by atoms with van der Waals surface area (Å²) in [4.78, 5) is 2.14. The molecule has 1 saturated carbocycles. The highest BCUT2D eigenvalue weighted by molar-refractivity contribution is 5.25. The number of fused-ring (bicyclic) bond motifs is 1. The Labute approximate surface area is 60.8 Å². The van der Waals surface area contributed by atoms with Gasteiger partial charge in [0.15, 0.2) is 0 Å². The van der Waals surface area contributed by atoms with Gasteiger partial charge in [0.1, 0.15) is 5.60 Å². The van der Waals surface area contributed by atoms with Crippen LogP contribution in [0.4, 0.5) is 0 Å². The fraction of sp³-hybridized carbons (Fsp3) is 0.750. The summed E-state index contributed by atoms with van der Waals surface area (Å²) in [5.74, 6) is 2.84. The number of piperidine rings is 1. The minimum atomic E-state index is -0.806. The van der Waals surface area contributed by atoms with E-state index in [-0.39, 0.29) is 0 Å². The van der Waals surface area contributed by atoms with Crippen LogP contribution in [-0.2, 0) is 0 Å². The van der Waals surface area contributed by atoms with Crippen LogP contribution in [0.15, 0.2) is 0 Å². The first-order chi connectivity index (χ1) is 4.67. The predicted octanol–water partition coefficient (Wildman–Crippen LogP) is -0.315. The molecular weight excluding hydrogens is 126 g/mol. The van der Waals surface area contributed by atoms with Crippen molar-refractivity contribution in [3.05, 3.63) is 0 Å². The summed E-state index contributed by atoms with van der Waals surface area (Å²) < 4.78 is 0. The van der Waals surface area contributed by atoms with Crippen LogP contribution in [0.3, 0.4) is 0 Å². The molecule has 0 bridgehead atoms. The molecule has 0 radical (unpaired) electrons. The Hall–Kier alpha value is -0.520. The Balaban J connectivity index is 2.23. The van der Waals surface area contributed by atoms with Gasteiger partial charge < -0.3 is 5.11 Å². The fourth-order valence-electron chi connectivity index (χ4n) is 1.95. The number of terminal acetylenes is 1. The molecule has 54 valence electrons. The van der Waals surface area contributed by atoms with E-state index in [9.17, 15) is 5.11 Å². The molecule has 0 aromatic rings. The van der Waals surface area contributed by atoms with Crippen molar-refractivity contribution in [2.24, 2.45) is 5.92 Å². The van der Waals surface area contributed by atoms with Gasteiger partial charge in [-0.25, -0.2) is 0 Å². The van der Waals surface area contributed by atoms with E-state index in [0.717, 1.165) is 6.42 Å². The first kappa shape index (κ1) is 6.21. The van der Waals surface area contributed by atoms with Gasteiger partial charge in [-0.2, -0.15) is 0 Å². The van der Waals surface area contributed by atoms with Gasteiger partial charge in [-0.15, -0.1) is 6.42 Å². The van der Waals surface area contributed by atoms with E-state index >= 15 is 0 Å². The second-order valence-electron chi connectivity index (χ2n) is 3.39. The zero-order valence-electron chi connectivity index (χ0n) is 6.04. The minimum Gasteiger partial charge on any atom is -0.376 e. The van der Waals surface area contributed by atoms with Crippen LogP contribution < -0.4 is 0 Å². The first-order valence-electron chi connectivity index (χ1n) is 3.58. The molecule has 0 spiro atoms. The van der Waals surface area contributed by atoms with E-state index < -0.39 is 5.60 Å². The highest BCUT2D eigenvalue weighted by Gasteiger charge is 2.59. The summed E-state index contributed by atoms with van der Waals surface area (Å²) in [5.41, 5.74) is -0.806. The van der Waals surface area contributed by atoms with Crippen LogP contribution >= 0.6 is 0 Å². The van der Waals surface area contributed by atoms with Crippen LogP contribution in [0, 0.1) is 18.3 Å². The highest BCUT2D eigenvalue weighted by Crippen LogP contribution is 2.49. The standard InChI is InChI=1S/C8H11NO/c1-3-8(10)5-9(2)7-4-6(7)8/h1,6-7,10H,4-5H2,2H3/t6?,7?,8-/m1/s1. The summed E-state index contributed by atoms with van der Waals surface area (Å²) in [5, 5.41) is 9.70. The molecule has 1 aliphatic heterocycles. The van der Waals surface area contributed by atoms with Crippen molar-refractivity contribution in [2.45, 2.75) is 18.1 Å². The van der Waals surface area contributed by atoms with E-state index in [4.69, 9.17) is 6.42 Å². The number of likely N-dealkylation sites (tertiary alicyclic amines) is 1. The molecule has 0 aromatic heterocycles. The Kier molecular flexibility index (Phi) is 0.964. The van der Waals surface area contributed by atoms with E-state index in [1.54, 1.807) is 0 Å². The first-order valence-corrected chi connectivity index (χ1v) is 3.58. The lowest BCUT2D eigenvalue weighted by atomic mass is 10.0. The molecule has 2 aliphatic rings. The SMILES string of the molecule is C#C[C@@]1(O)CN(C)C2CC21. The Bertz CT molecular complexity index is 208. The van der Waals surface area contributed by atoms with Crippen molar-refractivity contribution in [1.29, 1.82) is 0 Å². The summed E-state index contributed by atoms with van der Waals surface area (Å²) in [6.07, 6.45) is 6.30. The van der Waals surface area contributed by atoms with Crippen molar-refractivity contribution < 1.29 is 5.11 Å². The molecule has 1 aliphatic carbocycles. The third kappa shape index (κ3) is 0.570. The largest absolute Gasteiger partial charge is 0.376 e. The van der Waals surface area contributed by atoms with Crippen LogP contribution in [0.25, 0.3) is 0 Å². The van der Waals surface area contributed by atoms with Gasteiger partial charge >= 0.3 is 0 Å². The third-order valence-corrected chi connectivity index (χ3v) is 2.68. The molecule has 2 heteroatoms. The van der Waals surface area contributed by atoms with E-state index in [1.165, 1.54) is 0 Å². The maximum atomic E-state index is 9.70. The predicted molar refractivity (Wildman–Crippen MR) is 38.3 cm³/mol. The molecular formula is C8H11NO. The van der Waals surface area contributed by atoms with Crippen LogP contribution in [-0.4, -0.2) is 35.2 Å². The highest BCUT2D eigenvalue weighted by atomic mass is 16.3. The van der Waals surface area contributed by atoms with Crippen LogP contribution in [0.2, 0.25) is 0 Å². The number of β-amino-alcohol motifs (C(OH)–C–C–N with tert-alkyl or cyclic N) is 1. The van der Waals surface area contributed by atoms with E-state index in [0.29, 0.717) is 18.5 Å². The molecule has 2 nitrogen and oxygen atoms in total. The third-order valence-electron chi connectivity index (χ3n) is 2.68. The average Bonchev–Trinajstić information content (AvgIpc) is 2.61. The lowest BCUT2D eigenvalue weighted by Gasteiger charge is -2.19. The van der Waals surface area contributed by atoms with Gasteiger partial charge in [0.05, 0.1) is 0 Å². The van der Waals surface area contributed by atoms with Gasteiger partial charge in [-0.1, -0.05) is 5.92 Å². The number of aliphatic hydroxyl groups is 1. The molecule has 3 atom stereocenters. The topological polar surface area (TPSA) is 23.5 Å². The van der Waals surface area contributed by atoms with Crippen LogP contribution in [0.1, 0.15) is 6.42 Å². The maximum absolute atomic E-state index is 9.70. The number of hydrogen-bond donors (Lipinski definition) is 1. The Morgan fingerprint density at radius 2 is 2.50 bits per heavy atom. The molecule has 1 heterocycles. The minimum absolute atomic E-state index is 0.363. The molecule has 1 saturated heterocycles. The molecule has 2 unspecified atom stereocenters. The van der Waals surface area contributed by atoms with Gasteiger partial charge in [0.25, 0.3) is 0 Å². The number of rotatable bonds is 0. The summed E-state index contributed by atoms with van der Waals surface area (Å²) >= 11 is 0. The summed E-state index contributed by atoms with van der Waals surface area (Å²) in [7, 11) is 2.01. The zero-order chi connectivity index (χ0) is 7.35. The Morgan fingerprint density at radius 3 is 2.70 bits per heavy atom. The van der Waals surface area contributed by atoms with E-state index in [2.05, 4.69) is 10.8 Å². The van der Waals surface area contributed by atoms with Crippen molar-refractivity contribution in [3.63, 3.8) is 0 Å². The Morgan fingerprint density at radius 1 is 1.80 bits per heavy atom. The smallest absolute Gasteiger partial charge is 0.142 e. The normalized spacial score (nSPS) is 52.1. The lowest BCUT2D eigenvalue weighted by Crippen LogP contribution is -2.35. The fourth-order valence-corrected chi connectivity index (χ4v) is 1.95. The summed E-state index contributed by atoms with van der Waals surface area (Å²) in [6, 6.07) is 0.570. The molecule has 1 N–H and O–H groups in total. The van der Waals surface area contributed by atoms with Gasteiger partial charge in [-0.05, 0) is 13.5 Å². The zero-order valence-corrected chi connectivity index (χ0v) is 6.04. The number of nitrogens with zero attached hydrogens (tertiary/aromatic N) is 1. The van der Waals surface area contributed by atoms with E-state index in [1.807, 2.05) is 7.05 Å². The average molecular weight is 137 g/mol. The molecule has 0 amide bonds. The van der Waals surface area contributed by atoms with Gasteiger partial charge in [0.2, 0.25) is 0 Å². The second kappa shape index (κ2) is 1.55. The van der Waals surface area contributed by atoms with Crippen molar-refractivity contribution in [1.82, 2.24) is 4.90 Å². The lowest BCUT2D eigenvalue weighted by molar-refractivity contribution is 0.0825. The quantitative estimate of drug-likeness (QED) is 0.463. The molecule has 10 heavy (non-hydrogen) atoms. The van der Waals surface area contributed by atoms with Crippen molar-refractivity contribution in [3.8, 4) is 12.3 Å². The number of likely N-dealkylation sites (N-methyl/N-ethyl adjacent to an activating group) is 1. The van der Waals surface area contributed by atoms with Gasteiger partial charge in [-0.3, -0.25) is 4.90 Å². The van der Waals surface area contributed by atoms with Crippen molar-refractivity contribution >= 4 is 0 Å². The van der Waals surface area contributed by atoms with Gasteiger partial charge in [0, 0.05) is 18.5 Å². The monoisotopic (exact) mass is 137 g/mol. The molecule has 2 fully saturated rings. The van der Waals surface area contributed by atoms with Crippen LogP contribution in [0.5, 0.6) is 0 Å². The maximum Gasteiger partial charge on any atom is 0.142 e.